The quantitative estimate of drug-likeness (QED) is 0.790. The van der Waals surface area contributed by atoms with Gasteiger partial charge >= 0.3 is 0 Å². The third-order valence-electron chi connectivity index (χ3n) is 4.91. The molecule has 1 fully saturated rings. The Labute approximate surface area is 149 Å². The molecule has 0 saturated heterocycles. The highest BCUT2D eigenvalue weighted by Crippen LogP contribution is 2.39. The van der Waals surface area contributed by atoms with Crippen molar-refractivity contribution in [1.29, 1.82) is 0 Å². The van der Waals surface area contributed by atoms with E-state index in [1.54, 1.807) is 6.20 Å². The minimum Gasteiger partial charge on any atom is -0.393 e. The summed E-state index contributed by atoms with van der Waals surface area (Å²) in [6.07, 6.45) is 2.58. The monoisotopic (exact) mass is 363 g/mol. The second-order valence-corrected chi connectivity index (χ2v) is 8.23. The van der Waals surface area contributed by atoms with E-state index in [0.29, 0.717) is 25.9 Å². The average molecular weight is 363 g/mol. The fourth-order valence-electron chi connectivity index (χ4n) is 3.40. The maximum absolute atomic E-state index is 12.7. The van der Waals surface area contributed by atoms with Gasteiger partial charge in [-0.3, -0.25) is 4.98 Å². The van der Waals surface area contributed by atoms with Gasteiger partial charge in [0, 0.05) is 24.7 Å². The summed E-state index contributed by atoms with van der Waals surface area (Å²) in [6.45, 7) is 4.48. The van der Waals surface area contributed by atoms with Crippen molar-refractivity contribution in [1.82, 2.24) is 14.0 Å². The van der Waals surface area contributed by atoms with E-state index < -0.39 is 10.2 Å². The normalized spacial score (nSPS) is 22.1. The van der Waals surface area contributed by atoms with Crippen LogP contribution in [0.25, 0.3) is 10.9 Å². The lowest BCUT2D eigenvalue weighted by atomic mass is 9.75. The number of fused-ring (bicyclic) bond motifs is 1. The summed E-state index contributed by atoms with van der Waals surface area (Å²) >= 11 is 0. The lowest BCUT2D eigenvalue weighted by Gasteiger charge is -2.38. The first-order valence-corrected chi connectivity index (χ1v) is 10.2. The molecule has 0 radical (unpaired) electrons. The van der Waals surface area contributed by atoms with Crippen LogP contribution < -0.4 is 4.72 Å². The standard InChI is InChI=1S/C18H25N3O3S/c1-3-21(4-2)25(23,24)20-18(14-10-16(22)11-14)15-9-13-7-5-6-8-17(13)19-12-15/h5-9,12,14,16,18,20,22H,3-4,10-11H2,1-2H3/t14?,16?,18-/m0/s1. The molecule has 6 nitrogen and oxygen atoms in total. The summed E-state index contributed by atoms with van der Waals surface area (Å²) in [5.74, 6) is 0.0725. The minimum atomic E-state index is -3.59. The Balaban J connectivity index is 1.94. The van der Waals surface area contributed by atoms with E-state index in [0.717, 1.165) is 16.5 Å². The molecule has 0 spiro atoms. The molecule has 0 bridgehead atoms. The third-order valence-corrected chi connectivity index (χ3v) is 6.66. The van der Waals surface area contributed by atoms with Gasteiger partial charge < -0.3 is 5.11 Å². The van der Waals surface area contributed by atoms with Gasteiger partial charge in [-0.25, -0.2) is 0 Å². The number of hydrogen-bond acceptors (Lipinski definition) is 4. The zero-order valence-corrected chi connectivity index (χ0v) is 15.4. The number of nitrogens with zero attached hydrogens (tertiary/aromatic N) is 2. The molecular weight excluding hydrogens is 338 g/mol. The number of para-hydroxylation sites is 1. The van der Waals surface area contributed by atoms with Crippen molar-refractivity contribution in [3.8, 4) is 0 Å². The number of hydrogen-bond donors (Lipinski definition) is 2. The van der Waals surface area contributed by atoms with E-state index in [9.17, 15) is 13.5 Å². The van der Waals surface area contributed by atoms with E-state index in [1.165, 1.54) is 4.31 Å². The van der Waals surface area contributed by atoms with Gasteiger partial charge in [0.05, 0.1) is 17.7 Å². The summed E-state index contributed by atoms with van der Waals surface area (Å²) in [6, 6.07) is 9.38. The van der Waals surface area contributed by atoms with Gasteiger partial charge in [-0.15, -0.1) is 0 Å². The highest BCUT2D eigenvalue weighted by atomic mass is 32.2. The lowest BCUT2D eigenvalue weighted by Crippen LogP contribution is -2.47. The van der Waals surface area contributed by atoms with Gasteiger partial charge in [0.1, 0.15) is 0 Å². The van der Waals surface area contributed by atoms with E-state index in [-0.39, 0.29) is 18.1 Å². The summed E-state index contributed by atoms with van der Waals surface area (Å²) in [7, 11) is -3.59. The van der Waals surface area contributed by atoms with Crippen LogP contribution >= 0.6 is 0 Å². The van der Waals surface area contributed by atoms with Gasteiger partial charge in [0.25, 0.3) is 10.2 Å². The maximum Gasteiger partial charge on any atom is 0.279 e. The Morgan fingerprint density at radius 1 is 1.28 bits per heavy atom. The smallest absolute Gasteiger partial charge is 0.279 e. The number of aliphatic hydroxyl groups excluding tert-OH is 1. The molecule has 2 N–H and O–H groups in total. The van der Waals surface area contributed by atoms with Crippen molar-refractivity contribution >= 4 is 21.1 Å². The number of aliphatic hydroxyl groups is 1. The predicted molar refractivity (Wildman–Crippen MR) is 98.2 cm³/mol. The van der Waals surface area contributed by atoms with Crippen LogP contribution in [0.15, 0.2) is 36.5 Å². The average Bonchev–Trinajstić information content (AvgIpc) is 2.57. The Kier molecular flexibility index (Phi) is 5.38. The SMILES string of the molecule is CCN(CC)S(=O)(=O)N[C@H](c1cnc2ccccc2c1)C1CC(O)C1. The Morgan fingerprint density at radius 3 is 2.60 bits per heavy atom. The Hall–Kier alpha value is -1.54. The third kappa shape index (κ3) is 3.84. The van der Waals surface area contributed by atoms with E-state index in [1.807, 2.05) is 44.2 Å². The van der Waals surface area contributed by atoms with Gasteiger partial charge in [0.2, 0.25) is 0 Å². The van der Waals surface area contributed by atoms with Crippen molar-refractivity contribution in [2.24, 2.45) is 5.92 Å². The molecule has 25 heavy (non-hydrogen) atoms. The molecule has 0 amide bonds. The first-order valence-electron chi connectivity index (χ1n) is 8.74. The second-order valence-electron chi connectivity index (χ2n) is 6.53. The van der Waals surface area contributed by atoms with Crippen molar-refractivity contribution in [2.75, 3.05) is 13.1 Å². The molecule has 1 heterocycles. The number of rotatable bonds is 7. The fourth-order valence-corrected chi connectivity index (χ4v) is 4.87. The number of nitrogens with one attached hydrogen (secondary N) is 1. The predicted octanol–water partition coefficient (Wildman–Crippen LogP) is 2.22. The molecule has 0 unspecified atom stereocenters. The van der Waals surface area contributed by atoms with Crippen LogP contribution in [-0.4, -0.2) is 42.0 Å². The highest BCUT2D eigenvalue weighted by molar-refractivity contribution is 7.87. The van der Waals surface area contributed by atoms with Crippen molar-refractivity contribution in [3.05, 3.63) is 42.1 Å². The fraction of sp³-hybridized carbons (Fsp3) is 0.500. The molecule has 136 valence electrons. The minimum absolute atomic E-state index is 0.0725. The highest BCUT2D eigenvalue weighted by Gasteiger charge is 2.38. The summed E-state index contributed by atoms with van der Waals surface area (Å²) in [5, 5.41) is 10.7. The largest absolute Gasteiger partial charge is 0.393 e. The summed E-state index contributed by atoms with van der Waals surface area (Å²) < 4.78 is 29.6. The van der Waals surface area contributed by atoms with Gasteiger partial charge in [-0.1, -0.05) is 32.0 Å². The first kappa shape index (κ1) is 18.3. The van der Waals surface area contributed by atoms with E-state index in [2.05, 4.69) is 9.71 Å². The molecule has 1 aromatic heterocycles. The van der Waals surface area contributed by atoms with Gasteiger partial charge in [-0.2, -0.15) is 17.4 Å². The van der Waals surface area contributed by atoms with Gasteiger partial charge in [-0.05, 0) is 36.5 Å². The van der Waals surface area contributed by atoms with E-state index in [4.69, 9.17) is 0 Å². The molecule has 1 aliphatic rings. The Bertz CT molecular complexity index is 830. The molecule has 0 aliphatic heterocycles. The molecule has 3 rings (SSSR count). The maximum atomic E-state index is 12.7. The second kappa shape index (κ2) is 7.37. The molecule has 7 heteroatoms. The first-order chi connectivity index (χ1) is 11.9. The zero-order valence-electron chi connectivity index (χ0n) is 14.6. The van der Waals surface area contributed by atoms with Crippen LogP contribution in [0, 0.1) is 5.92 Å². The van der Waals surface area contributed by atoms with Crippen LogP contribution in [0.2, 0.25) is 0 Å². The number of aromatic nitrogens is 1. The van der Waals surface area contributed by atoms with Gasteiger partial charge in [0.15, 0.2) is 0 Å². The van der Waals surface area contributed by atoms with Crippen LogP contribution in [0.4, 0.5) is 0 Å². The van der Waals surface area contributed by atoms with Crippen LogP contribution in [0.5, 0.6) is 0 Å². The zero-order chi connectivity index (χ0) is 18.0. The van der Waals surface area contributed by atoms with Crippen molar-refractivity contribution in [2.45, 2.75) is 38.8 Å². The number of pyridine rings is 1. The summed E-state index contributed by atoms with van der Waals surface area (Å²) in [4.78, 5) is 4.47. The van der Waals surface area contributed by atoms with Crippen LogP contribution in [-0.2, 0) is 10.2 Å². The van der Waals surface area contributed by atoms with E-state index >= 15 is 0 Å². The molecular formula is C18H25N3O3S. The van der Waals surface area contributed by atoms with Crippen LogP contribution in [0.1, 0.15) is 38.3 Å². The summed E-state index contributed by atoms with van der Waals surface area (Å²) in [5.41, 5.74) is 1.72. The van der Waals surface area contributed by atoms with Crippen molar-refractivity contribution in [3.63, 3.8) is 0 Å². The molecule has 1 aromatic carbocycles. The topological polar surface area (TPSA) is 82.5 Å². The number of benzene rings is 1. The Morgan fingerprint density at radius 2 is 1.96 bits per heavy atom. The van der Waals surface area contributed by atoms with Crippen LogP contribution in [0.3, 0.4) is 0 Å². The molecule has 2 aromatic rings. The molecule has 1 saturated carbocycles. The lowest BCUT2D eigenvalue weighted by molar-refractivity contribution is 0.0277. The molecule has 1 aliphatic carbocycles. The molecule has 1 atom stereocenters. The van der Waals surface area contributed by atoms with Crippen molar-refractivity contribution < 1.29 is 13.5 Å².